The van der Waals surface area contributed by atoms with Gasteiger partial charge in [-0.25, -0.2) is 22.8 Å². The molecule has 1 aromatic heterocycles. The zero-order chi connectivity index (χ0) is 31.5. The fourth-order valence-corrected chi connectivity index (χ4v) is 7.13. The summed E-state index contributed by atoms with van der Waals surface area (Å²) >= 11 is 6.54. The number of hydrogen-bond acceptors (Lipinski definition) is 8. The van der Waals surface area contributed by atoms with E-state index in [4.69, 9.17) is 25.8 Å². The van der Waals surface area contributed by atoms with E-state index in [-0.39, 0.29) is 24.7 Å². The van der Waals surface area contributed by atoms with Crippen molar-refractivity contribution in [1.29, 1.82) is 0 Å². The molecule has 3 aromatic carbocycles. The predicted molar refractivity (Wildman–Crippen MR) is 169 cm³/mol. The van der Waals surface area contributed by atoms with Gasteiger partial charge in [-0.15, -0.1) is 0 Å². The van der Waals surface area contributed by atoms with E-state index in [2.05, 4.69) is 15.3 Å². The van der Waals surface area contributed by atoms with Gasteiger partial charge in [-0.2, -0.15) is 4.31 Å². The lowest BCUT2D eigenvalue weighted by molar-refractivity contribution is -0.0169. The van der Waals surface area contributed by atoms with Crippen LogP contribution in [0.1, 0.15) is 38.3 Å². The van der Waals surface area contributed by atoms with Crippen LogP contribution in [0.2, 0.25) is 5.02 Å². The summed E-state index contributed by atoms with van der Waals surface area (Å²) in [5.74, 6) is 1.11. The predicted octanol–water partition coefficient (Wildman–Crippen LogP) is 6.94. The van der Waals surface area contributed by atoms with Crippen LogP contribution in [0.4, 0.5) is 15.9 Å². The van der Waals surface area contributed by atoms with Crippen molar-refractivity contribution in [2.45, 2.75) is 45.4 Å². The van der Waals surface area contributed by atoms with Gasteiger partial charge >= 0.3 is 0 Å². The van der Waals surface area contributed by atoms with Crippen LogP contribution in [0.15, 0.2) is 73.3 Å². The Hall–Kier alpha value is -3.93. The molecular formula is C32H34ClFN4O5S. The molecule has 1 aliphatic heterocycles. The molecule has 2 atom stereocenters. The van der Waals surface area contributed by atoms with E-state index in [1.54, 1.807) is 56.7 Å². The number of fused-ring (bicyclic) bond motifs is 1. The third kappa shape index (κ3) is 6.17. The molecular weight excluding hydrogens is 607 g/mol. The van der Waals surface area contributed by atoms with Gasteiger partial charge in [0.1, 0.15) is 36.1 Å². The van der Waals surface area contributed by atoms with Gasteiger partial charge in [0.05, 0.1) is 35.7 Å². The van der Waals surface area contributed by atoms with Crippen LogP contribution in [0.3, 0.4) is 0 Å². The van der Waals surface area contributed by atoms with Crippen molar-refractivity contribution in [1.82, 2.24) is 14.3 Å². The Labute approximate surface area is 261 Å². The topological polar surface area (TPSA) is 103 Å². The van der Waals surface area contributed by atoms with E-state index in [1.807, 2.05) is 26.0 Å². The lowest BCUT2D eigenvalue weighted by Crippen LogP contribution is -2.51. The first-order valence-electron chi connectivity index (χ1n) is 14.2. The van der Waals surface area contributed by atoms with Crippen molar-refractivity contribution in [3.8, 4) is 11.5 Å². The van der Waals surface area contributed by atoms with Crippen molar-refractivity contribution >= 4 is 44.0 Å². The number of aromatic nitrogens is 2. The molecule has 1 N–H and O–H groups in total. The number of rotatable bonds is 12. The Kier molecular flexibility index (Phi) is 9.28. The van der Waals surface area contributed by atoms with Crippen molar-refractivity contribution in [2.24, 2.45) is 0 Å². The third-order valence-electron chi connectivity index (χ3n) is 7.83. The van der Waals surface area contributed by atoms with Gasteiger partial charge in [0, 0.05) is 35.7 Å². The summed E-state index contributed by atoms with van der Waals surface area (Å²) < 4.78 is 59.0. The molecule has 0 fully saturated rings. The molecule has 0 saturated heterocycles. The molecule has 2 unspecified atom stereocenters. The lowest BCUT2D eigenvalue weighted by atomic mass is 9.83. The first-order chi connectivity index (χ1) is 21.1. The maximum atomic E-state index is 13.5. The first-order valence-corrected chi connectivity index (χ1v) is 16.2. The monoisotopic (exact) mass is 640 g/mol. The van der Waals surface area contributed by atoms with Crippen molar-refractivity contribution in [3.05, 3.63) is 95.2 Å². The third-order valence-corrected chi connectivity index (χ3v) is 10.1. The Balaban J connectivity index is 1.49. The Morgan fingerprint density at radius 3 is 2.61 bits per heavy atom. The van der Waals surface area contributed by atoms with Crippen molar-refractivity contribution in [3.63, 3.8) is 0 Å². The normalized spacial score (nSPS) is 17.1. The molecule has 0 spiro atoms. The summed E-state index contributed by atoms with van der Waals surface area (Å²) in [5.41, 5.74) is 1.58. The number of anilines is 2. The fraction of sp³-hybridized carbons (Fsp3) is 0.312. The molecule has 0 radical (unpaired) electrons. The molecule has 2 heterocycles. The largest absolute Gasteiger partial charge is 0.496 e. The van der Waals surface area contributed by atoms with E-state index in [9.17, 15) is 12.8 Å². The summed E-state index contributed by atoms with van der Waals surface area (Å²) in [5, 5.41) is 4.35. The number of methoxy groups -OCH3 is 1. The SMILES string of the molecule is CCN(C(C)C1(c2cc3c(Nc4ccc(OCc5cccc(F)c5)c(Cl)c4)ncnc3cc2OC)CC=CO1)S(=O)(=O)CC. The van der Waals surface area contributed by atoms with Gasteiger partial charge in [0.15, 0.2) is 5.60 Å². The van der Waals surface area contributed by atoms with E-state index >= 15 is 0 Å². The maximum Gasteiger partial charge on any atom is 0.214 e. The molecule has 44 heavy (non-hydrogen) atoms. The second-order valence-electron chi connectivity index (χ2n) is 10.3. The number of ether oxygens (including phenoxy) is 3. The summed E-state index contributed by atoms with van der Waals surface area (Å²) in [6.45, 7) is 5.75. The first kappa shape index (κ1) is 31.5. The van der Waals surface area contributed by atoms with Crippen LogP contribution in [0, 0.1) is 5.82 Å². The Bertz CT molecular complexity index is 1800. The molecule has 0 saturated carbocycles. The highest BCUT2D eigenvalue weighted by molar-refractivity contribution is 7.89. The number of nitrogens with one attached hydrogen (secondary N) is 1. The molecule has 4 aromatic rings. The van der Waals surface area contributed by atoms with Gasteiger partial charge in [-0.1, -0.05) is 30.7 Å². The van der Waals surface area contributed by atoms with Crippen molar-refractivity contribution in [2.75, 3.05) is 24.7 Å². The quantitative estimate of drug-likeness (QED) is 0.178. The van der Waals surface area contributed by atoms with Crippen molar-refractivity contribution < 1.29 is 27.0 Å². The minimum absolute atomic E-state index is 0.0252. The second kappa shape index (κ2) is 13.0. The maximum absolute atomic E-state index is 13.5. The van der Waals surface area contributed by atoms with Crippen LogP contribution < -0.4 is 14.8 Å². The second-order valence-corrected chi connectivity index (χ2v) is 13.0. The molecule has 12 heteroatoms. The number of sulfonamides is 1. The van der Waals surface area contributed by atoms with E-state index in [0.717, 1.165) is 0 Å². The lowest BCUT2D eigenvalue weighted by Gasteiger charge is -2.41. The van der Waals surface area contributed by atoms with Gasteiger partial charge in [-0.3, -0.25) is 0 Å². The van der Waals surface area contributed by atoms with Crippen LogP contribution in [-0.2, 0) is 27.0 Å². The van der Waals surface area contributed by atoms with Gasteiger partial charge < -0.3 is 19.5 Å². The number of likely N-dealkylation sites (N-methyl/N-ethyl adjacent to an activating group) is 1. The number of halogens is 2. The summed E-state index contributed by atoms with van der Waals surface area (Å²) in [4.78, 5) is 8.95. The molecule has 0 amide bonds. The van der Waals surface area contributed by atoms with Crippen LogP contribution in [-0.4, -0.2) is 48.1 Å². The zero-order valence-electron chi connectivity index (χ0n) is 24.9. The van der Waals surface area contributed by atoms with Gasteiger partial charge in [0.2, 0.25) is 10.0 Å². The minimum atomic E-state index is -3.53. The summed E-state index contributed by atoms with van der Waals surface area (Å²) in [6, 6.07) is 14.6. The summed E-state index contributed by atoms with van der Waals surface area (Å²) in [6.07, 6.45) is 5.37. The highest BCUT2D eigenvalue weighted by atomic mass is 35.5. The standard InChI is InChI=1S/C32H34ClFN4O5S/c1-5-38(44(39,40)6-2)21(3)32(13-8-14-43-32)26-17-25-28(18-30(26)41-4)35-20-36-31(25)37-24-11-12-29(27(33)16-24)42-19-22-9-7-10-23(34)15-22/h7-12,14-18,20-21H,5-6,13,19H2,1-4H3,(H,35,36,37). The zero-order valence-corrected chi connectivity index (χ0v) is 26.5. The Morgan fingerprint density at radius 2 is 1.95 bits per heavy atom. The fourth-order valence-electron chi connectivity index (χ4n) is 5.52. The van der Waals surface area contributed by atoms with E-state index in [1.165, 1.54) is 22.8 Å². The molecule has 232 valence electrons. The minimum Gasteiger partial charge on any atom is -0.496 e. The van der Waals surface area contributed by atoms with E-state index < -0.39 is 21.7 Å². The number of hydrogen-bond donors (Lipinski definition) is 1. The number of nitrogens with zero attached hydrogens (tertiary/aromatic N) is 3. The van der Waals surface area contributed by atoms with E-state index in [0.29, 0.717) is 56.5 Å². The van der Waals surface area contributed by atoms with Crippen LogP contribution in [0.25, 0.3) is 10.9 Å². The van der Waals surface area contributed by atoms with Gasteiger partial charge in [-0.05, 0) is 61.9 Å². The van der Waals surface area contributed by atoms with Crippen LogP contribution >= 0.6 is 11.6 Å². The highest BCUT2D eigenvalue weighted by Crippen LogP contribution is 2.46. The molecule has 0 bridgehead atoms. The molecule has 0 aliphatic carbocycles. The van der Waals surface area contributed by atoms with Crippen LogP contribution in [0.5, 0.6) is 11.5 Å². The summed E-state index contributed by atoms with van der Waals surface area (Å²) in [7, 11) is -1.96. The average Bonchev–Trinajstić information content (AvgIpc) is 3.51. The average molecular weight is 641 g/mol. The Morgan fingerprint density at radius 1 is 1.14 bits per heavy atom. The number of benzene rings is 3. The van der Waals surface area contributed by atoms with Gasteiger partial charge in [0.25, 0.3) is 0 Å². The highest BCUT2D eigenvalue weighted by Gasteiger charge is 2.48. The smallest absolute Gasteiger partial charge is 0.214 e. The molecule has 1 aliphatic rings. The molecule has 9 nitrogen and oxygen atoms in total. The molecule has 5 rings (SSSR count).